The number of amides is 1. The van der Waals surface area contributed by atoms with Gasteiger partial charge in [-0.2, -0.15) is 0 Å². The van der Waals surface area contributed by atoms with Gasteiger partial charge in [-0.05, 0) is 48.9 Å². The van der Waals surface area contributed by atoms with Gasteiger partial charge in [-0.25, -0.2) is 13.8 Å². The van der Waals surface area contributed by atoms with E-state index in [0.717, 1.165) is 5.56 Å². The summed E-state index contributed by atoms with van der Waals surface area (Å²) in [7, 11) is -2.32. The van der Waals surface area contributed by atoms with Crippen LogP contribution in [0.4, 0.5) is 11.4 Å². The minimum Gasteiger partial charge on any atom is -0.497 e. The van der Waals surface area contributed by atoms with Gasteiger partial charge in [0.25, 0.3) is 10.0 Å². The lowest BCUT2D eigenvalue weighted by molar-refractivity contribution is -0.119. The molecular formula is C18H22N4O4S. The molecule has 0 radical (unpaired) electrons. The first kappa shape index (κ1) is 19.2. The van der Waals surface area contributed by atoms with Crippen molar-refractivity contribution in [2.75, 3.05) is 23.7 Å². The Kier molecular flexibility index (Phi) is 5.64. The molecule has 1 fully saturated rings. The SMILES string of the molecule is COc1ccc(NS(=O)(=O)C2NNCC2C(=O)Nc2cccc(C)c2)cc1. The Hall–Kier alpha value is -2.62. The summed E-state index contributed by atoms with van der Waals surface area (Å²) in [6, 6.07) is 13.8. The van der Waals surface area contributed by atoms with E-state index < -0.39 is 21.3 Å². The molecule has 27 heavy (non-hydrogen) atoms. The first-order chi connectivity index (χ1) is 12.9. The van der Waals surface area contributed by atoms with Crippen molar-refractivity contribution in [2.45, 2.75) is 12.3 Å². The van der Waals surface area contributed by atoms with Crippen LogP contribution in [-0.4, -0.2) is 33.4 Å². The number of aryl methyl sites for hydroxylation is 1. The summed E-state index contributed by atoms with van der Waals surface area (Å²) in [5.41, 5.74) is 7.47. The predicted octanol–water partition coefficient (Wildman–Crippen LogP) is 1.43. The van der Waals surface area contributed by atoms with Crippen molar-refractivity contribution in [3.63, 3.8) is 0 Å². The standard InChI is InChI=1S/C18H22N4O4S/c1-12-4-3-5-14(10-12)20-17(23)16-11-19-21-18(16)27(24,25)22-13-6-8-15(26-2)9-7-13/h3-10,16,18-19,21-22H,11H2,1-2H3,(H,20,23). The van der Waals surface area contributed by atoms with Crippen LogP contribution in [-0.2, 0) is 14.8 Å². The summed E-state index contributed by atoms with van der Waals surface area (Å²) in [6.45, 7) is 2.12. The molecule has 2 atom stereocenters. The molecule has 0 spiro atoms. The summed E-state index contributed by atoms with van der Waals surface area (Å²) < 4.78 is 33.1. The van der Waals surface area contributed by atoms with E-state index in [9.17, 15) is 13.2 Å². The van der Waals surface area contributed by atoms with Crippen molar-refractivity contribution < 1.29 is 17.9 Å². The second-order valence-corrected chi connectivity index (χ2v) is 8.09. The maximum Gasteiger partial charge on any atom is 0.250 e. The van der Waals surface area contributed by atoms with Crippen molar-refractivity contribution in [3.05, 3.63) is 54.1 Å². The Morgan fingerprint density at radius 2 is 1.89 bits per heavy atom. The molecule has 8 nitrogen and oxygen atoms in total. The van der Waals surface area contributed by atoms with Crippen LogP contribution < -0.4 is 25.6 Å². The highest BCUT2D eigenvalue weighted by Crippen LogP contribution is 2.22. The minimum atomic E-state index is -3.85. The summed E-state index contributed by atoms with van der Waals surface area (Å²) in [5.74, 6) is -0.543. The van der Waals surface area contributed by atoms with E-state index in [1.807, 2.05) is 25.1 Å². The molecule has 1 saturated heterocycles. The third-order valence-corrected chi connectivity index (χ3v) is 5.87. The van der Waals surface area contributed by atoms with Crippen LogP contribution in [0.1, 0.15) is 5.56 Å². The van der Waals surface area contributed by atoms with Gasteiger partial charge in [-0.3, -0.25) is 14.9 Å². The molecule has 0 aromatic heterocycles. The fraction of sp³-hybridized carbons (Fsp3) is 0.278. The van der Waals surface area contributed by atoms with Crippen molar-refractivity contribution in [1.82, 2.24) is 10.9 Å². The molecule has 0 bridgehead atoms. The van der Waals surface area contributed by atoms with Gasteiger partial charge in [0.2, 0.25) is 5.91 Å². The summed E-state index contributed by atoms with van der Waals surface area (Å²) in [4.78, 5) is 12.6. The Balaban J connectivity index is 1.72. The zero-order chi connectivity index (χ0) is 19.4. The number of hydrogen-bond donors (Lipinski definition) is 4. The van der Waals surface area contributed by atoms with Crippen molar-refractivity contribution in [1.29, 1.82) is 0 Å². The van der Waals surface area contributed by atoms with E-state index in [1.54, 1.807) is 30.3 Å². The van der Waals surface area contributed by atoms with Crippen LogP contribution >= 0.6 is 0 Å². The maximum atomic E-state index is 12.8. The van der Waals surface area contributed by atoms with Crippen molar-refractivity contribution >= 4 is 27.3 Å². The summed E-state index contributed by atoms with van der Waals surface area (Å²) >= 11 is 0. The lowest BCUT2D eigenvalue weighted by Gasteiger charge is -2.19. The Morgan fingerprint density at radius 1 is 1.15 bits per heavy atom. The van der Waals surface area contributed by atoms with E-state index in [0.29, 0.717) is 17.1 Å². The van der Waals surface area contributed by atoms with Gasteiger partial charge in [0.15, 0.2) is 5.37 Å². The molecule has 2 aromatic rings. The Morgan fingerprint density at radius 3 is 2.56 bits per heavy atom. The third-order valence-electron chi connectivity index (χ3n) is 4.24. The quantitative estimate of drug-likeness (QED) is 0.594. The lowest BCUT2D eigenvalue weighted by atomic mass is 10.1. The second-order valence-electron chi connectivity index (χ2n) is 6.29. The molecule has 1 heterocycles. The van der Waals surface area contributed by atoms with Gasteiger partial charge < -0.3 is 10.1 Å². The van der Waals surface area contributed by atoms with Gasteiger partial charge in [-0.1, -0.05) is 12.1 Å². The fourth-order valence-corrected chi connectivity index (χ4v) is 4.33. The average Bonchev–Trinajstić information content (AvgIpc) is 3.13. The number of carbonyl (C=O) groups excluding carboxylic acids is 1. The number of nitrogens with one attached hydrogen (secondary N) is 4. The number of hydrazine groups is 1. The van der Waals surface area contributed by atoms with E-state index in [4.69, 9.17) is 4.74 Å². The Labute approximate surface area is 158 Å². The molecule has 1 amide bonds. The van der Waals surface area contributed by atoms with Gasteiger partial charge in [0.1, 0.15) is 5.75 Å². The van der Waals surface area contributed by atoms with Crippen LogP contribution in [0.5, 0.6) is 5.75 Å². The number of methoxy groups -OCH3 is 1. The molecule has 2 aromatic carbocycles. The number of ether oxygens (including phenoxy) is 1. The Bertz CT molecular complexity index is 915. The number of benzene rings is 2. The first-order valence-electron chi connectivity index (χ1n) is 8.40. The summed E-state index contributed by atoms with van der Waals surface area (Å²) in [5, 5.41) is 1.67. The van der Waals surface area contributed by atoms with Crippen LogP contribution in [0.2, 0.25) is 0 Å². The van der Waals surface area contributed by atoms with Crippen LogP contribution in [0.15, 0.2) is 48.5 Å². The molecule has 9 heteroatoms. The molecule has 0 aliphatic carbocycles. The van der Waals surface area contributed by atoms with Gasteiger partial charge >= 0.3 is 0 Å². The largest absolute Gasteiger partial charge is 0.497 e. The lowest BCUT2D eigenvalue weighted by Crippen LogP contribution is -2.45. The van der Waals surface area contributed by atoms with E-state index >= 15 is 0 Å². The second kappa shape index (κ2) is 7.95. The van der Waals surface area contributed by atoms with Crippen molar-refractivity contribution in [2.24, 2.45) is 5.92 Å². The van der Waals surface area contributed by atoms with E-state index in [1.165, 1.54) is 7.11 Å². The molecule has 1 aliphatic heterocycles. The average molecular weight is 390 g/mol. The molecule has 1 aliphatic rings. The highest BCUT2D eigenvalue weighted by atomic mass is 32.2. The number of carbonyl (C=O) groups is 1. The monoisotopic (exact) mass is 390 g/mol. The van der Waals surface area contributed by atoms with Crippen LogP contribution in [0.25, 0.3) is 0 Å². The van der Waals surface area contributed by atoms with Crippen LogP contribution in [0, 0.1) is 12.8 Å². The minimum absolute atomic E-state index is 0.200. The van der Waals surface area contributed by atoms with E-state index in [-0.39, 0.29) is 12.5 Å². The van der Waals surface area contributed by atoms with Gasteiger partial charge in [0, 0.05) is 17.9 Å². The number of sulfonamides is 1. The highest BCUT2D eigenvalue weighted by molar-refractivity contribution is 7.93. The van der Waals surface area contributed by atoms with E-state index in [2.05, 4.69) is 20.9 Å². The molecule has 3 rings (SSSR count). The third kappa shape index (κ3) is 4.57. The zero-order valence-corrected chi connectivity index (χ0v) is 15.8. The number of hydrogen-bond acceptors (Lipinski definition) is 6. The summed E-state index contributed by atoms with van der Waals surface area (Å²) in [6.07, 6.45) is 0. The number of rotatable bonds is 6. The molecule has 2 unspecified atom stereocenters. The van der Waals surface area contributed by atoms with Crippen molar-refractivity contribution in [3.8, 4) is 5.75 Å². The fourth-order valence-electron chi connectivity index (χ4n) is 2.85. The predicted molar refractivity (Wildman–Crippen MR) is 104 cm³/mol. The normalized spacial score (nSPS) is 19.5. The first-order valence-corrected chi connectivity index (χ1v) is 9.95. The molecule has 0 saturated carbocycles. The van der Waals surface area contributed by atoms with Gasteiger partial charge in [-0.15, -0.1) is 0 Å². The molecule has 144 valence electrons. The smallest absolute Gasteiger partial charge is 0.250 e. The molecule has 4 N–H and O–H groups in total. The molecular weight excluding hydrogens is 368 g/mol. The highest BCUT2D eigenvalue weighted by Gasteiger charge is 2.41. The van der Waals surface area contributed by atoms with Crippen LogP contribution in [0.3, 0.4) is 0 Å². The zero-order valence-electron chi connectivity index (χ0n) is 15.0. The van der Waals surface area contributed by atoms with Gasteiger partial charge in [0.05, 0.1) is 13.0 Å². The topological polar surface area (TPSA) is 109 Å². The number of anilines is 2. The maximum absolute atomic E-state index is 12.8.